The number of thiol groups is 1. The highest BCUT2D eigenvalue weighted by Gasteiger charge is 2.41. The first-order valence-electron chi connectivity index (χ1n) is 35.3. The number of nitrogens with zero attached hydrogens (tertiary/aromatic N) is 1. The molecular formula is C65H114N18O21S. The highest BCUT2D eigenvalue weighted by Crippen LogP contribution is 2.21. The fourth-order valence-corrected chi connectivity index (χ4v) is 10.8. The normalized spacial score (nSPS) is 16.9. The molecule has 1 saturated heterocycles. The Kier molecular flexibility index (Phi) is 44.0. The summed E-state index contributed by atoms with van der Waals surface area (Å²) in [5.41, 5.74) is 22.5. The van der Waals surface area contributed by atoms with Crippen LogP contribution in [0.25, 0.3) is 0 Å². The van der Waals surface area contributed by atoms with Crippen LogP contribution in [0.4, 0.5) is 0 Å². The lowest BCUT2D eigenvalue weighted by molar-refractivity contribution is -0.144. The van der Waals surface area contributed by atoms with Crippen molar-refractivity contribution in [2.75, 3.05) is 45.1 Å². The molecule has 16 atom stereocenters. The second-order valence-corrected chi connectivity index (χ2v) is 26.8. The first kappa shape index (κ1) is 94.2. The number of carbonyl (C=O) groups is 17. The molecule has 1 fully saturated rings. The number of aliphatic hydroxyl groups is 2. The average molecular weight is 1520 g/mol. The van der Waals surface area contributed by atoms with Crippen LogP contribution in [0.15, 0.2) is 0 Å². The maximum absolute atomic E-state index is 14.2. The molecule has 1 aliphatic rings. The minimum atomic E-state index is -1.82. The standard InChI is InChI=1S/C65H114N18O21S/c1-10-33(5)50(81-53(91)35(7)71-48(87)28-70-54(92)38(68)31-105)63(101)79-44(29-84)60(98)78-43(27-32(3)4)59(97)73-37(9)64(102)83-26-16-19-46(83)61(99)76-39(17-12-14-24-66)55(93)72-36(8)52(90)74-41(20-22-47(69)86)58(96)82-51(34(6)11-2)62(100)77-40(18-13-15-25-67)56(94)75-42(21-23-49(88)89)57(95)80-45(30-85)65(103)104/h32-46,50-51,84-85,105H,10-31,66-68H2,1-9H3,(H2,69,86)(H,70,92)(H,71,87)(H,72,93)(H,73,97)(H,74,90)(H,75,94)(H,76,99)(H,77,100)(H,78,98)(H,79,101)(H,80,95)(H,81,91)(H,82,96)(H,88,89)(H,103,104)/t33-,34-,35-,36-,37-,38-,39-,40-,41-,42-,43-,44-,45-,46-,50-,51-/m0/s1. The van der Waals surface area contributed by atoms with Crippen LogP contribution in [0.2, 0.25) is 0 Å². The van der Waals surface area contributed by atoms with E-state index in [9.17, 15) is 102 Å². The molecule has 1 rings (SSSR count). The van der Waals surface area contributed by atoms with E-state index in [0.717, 1.165) is 0 Å². The van der Waals surface area contributed by atoms with Gasteiger partial charge in [0, 0.05) is 25.1 Å². The van der Waals surface area contributed by atoms with Crippen molar-refractivity contribution in [3.63, 3.8) is 0 Å². The number of hydrogen-bond acceptors (Lipinski definition) is 23. The lowest BCUT2D eigenvalue weighted by atomic mass is 9.96. The van der Waals surface area contributed by atoms with Gasteiger partial charge in [0.05, 0.1) is 25.8 Å². The molecule has 596 valence electrons. The van der Waals surface area contributed by atoms with E-state index >= 15 is 0 Å². The van der Waals surface area contributed by atoms with E-state index in [2.05, 4.69) is 76.4 Å². The Morgan fingerprint density at radius 3 is 1.37 bits per heavy atom. The van der Waals surface area contributed by atoms with Gasteiger partial charge in [0.25, 0.3) is 0 Å². The molecule has 0 spiro atoms. The van der Waals surface area contributed by atoms with Crippen LogP contribution in [-0.2, 0) is 81.5 Å². The van der Waals surface area contributed by atoms with Gasteiger partial charge in [-0.1, -0.05) is 54.4 Å². The van der Waals surface area contributed by atoms with Crippen molar-refractivity contribution in [3.8, 4) is 0 Å². The van der Waals surface area contributed by atoms with E-state index in [1.165, 1.54) is 25.7 Å². The fourth-order valence-electron chi connectivity index (χ4n) is 10.6. The Bertz CT molecular complexity index is 2970. The summed E-state index contributed by atoms with van der Waals surface area (Å²) in [6, 6.07) is -19.9. The van der Waals surface area contributed by atoms with Crippen LogP contribution in [0.1, 0.15) is 159 Å². The van der Waals surface area contributed by atoms with E-state index in [-0.39, 0.29) is 76.3 Å². The monoisotopic (exact) mass is 1510 g/mol. The Morgan fingerprint density at radius 2 is 0.886 bits per heavy atom. The highest BCUT2D eigenvalue weighted by atomic mass is 32.1. The van der Waals surface area contributed by atoms with Gasteiger partial charge in [0.2, 0.25) is 88.6 Å². The van der Waals surface area contributed by atoms with Gasteiger partial charge in [-0.2, -0.15) is 12.6 Å². The number of hydrogen-bond donors (Lipinski definition) is 22. The van der Waals surface area contributed by atoms with Gasteiger partial charge in [0.15, 0.2) is 0 Å². The smallest absolute Gasteiger partial charge is 0.328 e. The number of primary amides is 1. The third-order valence-electron chi connectivity index (χ3n) is 17.3. The third kappa shape index (κ3) is 33.9. The van der Waals surface area contributed by atoms with Crippen molar-refractivity contribution in [2.45, 2.75) is 243 Å². The van der Waals surface area contributed by atoms with Crippen LogP contribution < -0.4 is 92.1 Å². The maximum atomic E-state index is 14.2. The summed E-state index contributed by atoms with van der Waals surface area (Å²) in [7, 11) is 0. The van der Waals surface area contributed by atoms with Gasteiger partial charge in [-0.15, -0.1) is 0 Å². The third-order valence-corrected chi connectivity index (χ3v) is 17.7. The summed E-state index contributed by atoms with van der Waals surface area (Å²) in [6.45, 7) is 11.9. The van der Waals surface area contributed by atoms with E-state index < -0.39 is 242 Å². The average Bonchev–Trinajstić information content (AvgIpc) is 1.76. The zero-order valence-corrected chi connectivity index (χ0v) is 62.2. The number of rotatable bonds is 51. The van der Waals surface area contributed by atoms with Crippen molar-refractivity contribution in [1.82, 2.24) is 74.0 Å². The van der Waals surface area contributed by atoms with E-state index in [4.69, 9.17) is 22.9 Å². The lowest BCUT2D eigenvalue weighted by Crippen LogP contribution is -2.61. The van der Waals surface area contributed by atoms with Gasteiger partial charge in [-0.3, -0.25) is 76.7 Å². The minimum Gasteiger partial charge on any atom is -0.481 e. The van der Waals surface area contributed by atoms with Crippen molar-refractivity contribution < 1.29 is 102 Å². The quantitative estimate of drug-likeness (QED) is 0.0199. The van der Waals surface area contributed by atoms with E-state index in [1.807, 2.05) is 5.32 Å². The van der Waals surface area contributed by atoms with Crippen LogP contribution >= 0.6 is 12.6 Å². The molecule has 0 unspecified atom stereocenters. The number of aliphatic carboxylic acids is 2. The summed E-state index contributed by atoms with van der Waals surface area (Å²) >= 11 is 3.94. The molecule has 15 amide bonds. The van der Waals surface area contributed by atoms with Gasteiger partial charge in [-0.25, -0.2) is 4.79 Å². The van der Waals surface area contributed by atoms with Crippen molar-refractivity contribution in [3.05, 3.63) is 0 Å². The number of amides is 15. The molecule has 105 heavy (non-hydrogen) atoms. The second kappa shape index (κ2) is 49.0. The van der Waals surface area contributed by atoms with Gasteiger partial charge < -0.3 is 117 Å². The Hall–Kier alpha value is -8.86. The molecule has 0 aromatic carbocycles. The largest absolute Gasteiger partial charge is 0.481 e. The van der Waals surface area contributed by atoms with Gasteiger partial charge in [-0.05, 0) is 122 Å². The van der Waals surface area contributed by atoms with Crippen LogP contribution in [0.5, 0.6) is 0 Å². The zero-order chi connectivity index (χ0) is 80.0. The first-order valence-corrected chi connectivity index (χ1v) is 35.9. The first-order chi connectivity index (χ1) is 49.4. The Morgan fingerprint density at radius 1 is 0.476 bits per heavy atom. The summed E-state index contributed by atoms with van der Waals surface area (Å²) in [5.74, 6) is -17.8. The number of carbonyl (C=O) groups excluding carboxylic acids is 15. The van der Waals surface area contributed by atoms with Crippen molar-refractivity contribution >= 4 is 113 Å². The Labute approximate surface area is 615 Å². The summed E-state index contributed by atoms with van der Waals surface area (Å²) in [4.78, 5) is 228. The van der Waals surface area contributed by atoms with Crippen LogP contribution in [0.3, 0.4) is 0 Å². The molecule has 0 aromatic rings. The van der Waals surface area contributed by atoms with Gasteiger partial charge >= 0.3 is 11.9 Å². The molecule has 0 radical (unpaired) electrons. The number of unbranched alkanes of at least 4 members (excludes halogenated alkanes) is 2. The number of carboxylic acids is 2. The summed E-state index contributed by atoms with van der Waals surface area (Å²) in [6.07, 6.45) is -0.0150. The predicted octanol–water partition coefficient (Wildman–Crippen LogP) is -7.18. The maximum Gasteiger partial charge on any atom is 0.328 e. The molecule has 1 heterocycles. The topological polar surface area (TPSA) is 635 Å². The molecule has 25 N–H and O–H groups in total. The number of nitrogens with two attached hydrogens (primary N) is 4. The molecule has 0 aliphatic carbocycles. The Balaban J connectivity index is 3.37. The zero-order valence-electron chi connectivity index (χ0n) is 61.3. The summed E-state index contributed by atoms with van der Waals surface area (Å²) < 4.78 is 0. The second-order valence-electron chi connectivity index (χ2n) is 26.5. The van der Waals surface area contributed by atoms with Crippen molar-refractivity contribution in [1.29, 1.82) is 0 Å². The number of aliphatic hydroxyl groups excluding tert-OH is 2. The van der Waals surface area contributed by atoms with E-state index in [1.54, 1.807) is 41.5 Å². The summed E-state index contributed by atoms with van der Waals surface area (Å²) in [5, 5.41) is 70.5. The van der Waals surface area contributed by atoms with Crippen molar-refractivity contribution in [2.24, 2.45) is 40.7 Å². The molecule has 1 aliphatic heterocycles. The molecular weight excluding hydrogens is 1400 g/mol. The number of nitrogens with one attached hydrogen (secondary N) is 13. The van der Waals surface area contributed by atoms with E-state index in [0.29, 0.717) is 25.7 Å². The van der Waals surface area contributed by atoms with Crippen LogP contribution in [-0.4, -0.2) is 256 Å². The predicted molar refractivity (Wildman–Crippen MR) is 381 cm³/mol. The van der Waals surface area contributed by atoms with Gasteiger partial charge in [0.1, 0.15) is 78.5 Å². The highest BCUT2D eigenvalue weighted by molar-refractivity contribution is 7.80. The lowest BCUT2D eigenvalue weighted by Gasteiger charge is -2.30. The molecule has 0 saturated carbocycles. The SMILES string of the molecule is CC[C@H](C)[C@H](NC(=O)[C@H](C)NC(=O)CNC(=O)[C@@H](N)CS)C(=O)N[C@@H](CO)C(=O)N[C@@H](CC(C)C)C(=O)N[C@@H](C)C(=O)N1CCC[C@H]1C(=O)N[C@@H](CCCCN)C(=O)N[C@@H](C)C(=O)N[C@@H](CCC(N)=O)C(=O)N[C@H](C(=O)N[C@@H](CCCCN)C(=O)N[C@@H](CCC(=O)O)C(=O)N[C@@H](CO)C(=O)O)[C@@H](C)CC. The molecule has 39 nitrogen and oxygen atoms in total. The fraction of sp³-hybridized carbons (Fsp3) is 0.738. The number of carboxylic acid groups (broad SMARTS) is 2. The van der Waals surface area contributed by atoms with Crippen LogP contribution in [0, 0.1) is 17.8 Å². The minimum absolute atomic E-state index is 0.00840. The molecule has 0 aromatic heterocycles. The molecule has 40 heteroatoms. The molecule has 0 bridgehead atoms. The number of likely N-dealkylation sites (tertiary alicyclic amines) is 1.